The van der Waals surface area contributed by atoms with Gasteiger partial charge in [-0.25, -0.2) is 0 Å². The van der Waals surface area contributed by atoms with Crippen molar-refractivity contribution in [3.63, 3.8) is 0 Å². The van der Waals surface area contributed by atoms with Crippen LogP contribution in [-0.4, -0.2) is 6.36 Å². The summed E-state index contributed by atoms with van der Waals surface area (Å²) in [6.45, 7) is 0.221. The molecule has 0 aromatic heterocycles. The molecule has 3 nitrogen and oxygen atoms in total. The van der Waals surface area contributed by atoms with Crippen molar-refractivity contribution in [2.24, 2.45) is 0 Å². The highest BCUT2D eigenvalue weighted by Crippen LogP contribution is 2.33. The summed E-state index contributed by atoms with van der Waals surface area (Å²) in [4.78, 5) is 0. The van der Waals surface area contributed by atoms with Crippen molar-refractivity contribution in [1.29, 1.82) is 0 Å². The van der Waals surface area contributed by atoms with E-state index in [1.165, 1.54) is 18.2 Å². The number of halogens is 4. The van der Waals surface area contributed by atoms with Gasteiger partial charge in [-0.15, -0.1) is 13.2 Å². The third-order valence-electron chi connectivity index (χ3n) is 2.58. The monoisotopic (exact) mass is 361 g/mol. The summed E-state index contributed by atoms with van der Waals surface area (Å²) >= 11 is 3.01. The molecule has 0 radical (unpaired) electrons. The van der Waals surface area contributed by atoms with Gasteiger partial charge in [-0.1, -0.05) is 18.2 Å². The van der Waals surface area contributed by atoms with Gasteiger partial charge in [-0.05, 0) is 40.2 Å². The zero-order valence-electron chi connectivity index (χ0n) is 10.7. The number of ether oxygens (including phenoxy) is 2. The third-order valence-corrected chi connectivity index (χ3v) is 3.20. The van der Waals surface area contributed by atoms with Crippen LogP contribution in [0.15, 0.2) is 46.9 Å². The molecule has 0 atom stereocenters. The molecule has 0 amide bonds. The maximum Gasteiger partial charge on any atom is 0.573 e. The molecule has 2 N–H and O–H groups in total. The summed E-state index contributed by atoms with van der Waals surface area (Å²) in [6.07, 6.45) is -4.73. The Morgan fingerprint density at radius 2 is 1.81 bits per heavy atom. The van der Waals surface area contributed by atoms with Crippen LogP contribution in [0.25, 0.3) is 0 Å². The van der Waals surface area contributed by atoms with Gasteiger partial charge in [0.1, 0.15) is 18.1 Å². The van der Waals surface area contributed by atoms with E-state index in [1.807, 2.05) is 12.1 Å². The van der Waals surface area contributed by atoms with Gasteiger partial charge in [0.15, 0.2) is 0 Å². The normalized spacial score (nSPS) is 11.2. The molecule has 21 heavy (non-hydrogen) atoms. The lowest BCUT2D eigenvalue weighted by Gasteiger charge is -2.12. The Hall–Kier alpha value is -1.89. The van der Waals surface area contributed by atoms with E-state index in [9.17, 15) is 13.2 Å². The fourth-order valence-corrected chi connectivity index (χ4v) is 2.04. The van der Waals surface area contributed by atoms with E-state index >= 15 is 0 Å². The van der Waals surface area contributed by atoms with Crippen LogP contribution >= 0.6 is 15.9 Å². The molecule has 0 heterocycles. The number of nitrogen functional groups attached to an aromatic ring is 1. The summed E-state index contributed by atoms with van der Waals surface area (Å²) in [6, 6.07) is 11.2. The molecule has 0 aliphatic carbocycles. The minimum Gasteiger partial charge on any atom is -0.489 e. The molecule has 0 unspecified atom stereocenters. The van der Waals surface area contributed by atoms with Gasteiger partial charge < -0.3 is 15.2 Å². The number of hydrogen-bond acceptors (Lipinski definition) is 3. The van der Waals surface area contributed by atoms with E-state index < -0.39 is 6.36 Å². The lowest BCUT2D eigenvalue weighted by molar-refractivity contribution is -0.274. The second-order valence-corrected chi connectivity index (χ2v) is 4.98. The molecule has 2 aromatic rings. The Balaban J connectivity index is 2.05. The molecule has 2 aromatic carbocycles. The number of anilines is 1. The first-order chi connectivity index (χ1) is 9.85. The largest absolute Gasteiger partial charge is 0.573 e. The van der Waals surface area contributed by atoms with Crippen molar-refractivity contribution >= 4 is 21.6 Å². The Morgan fingerprint density at radius 3 is 2.43 bits per heavy atom. The number of nitrogens with two attached hydrogens (primary N) is 1. The van der Waals surface area contributed by atoms with Crippen LogP contribution in [-0.2, 0) is 6.61 Å². The third kappa shape index (κ3) is 4.56. The average Bonchev–Trinajstić information content (AvgIpc) is 2.39. The Morgan fingerprint density at radius 1 is 1.10 bits per heavy atom. The van der Waals surface area contributed by atoms with E-state index in [-0.39, 0.29) is 16.8 Å². The molecular weight excluding hydrogens is 351 g/mol. The first-order valence-corrected chi connectivity index (χ1v) is 6.66. The molecule has 0 saturated heterocycles. The molecule has 7 heteroatoms. The van der Waals surface area contributed by atoms with Crippen molar-refractivity contribution in [2.75, 3.05) is 5.73 Å². The highest BCUT2D eigenvalue weighted by molar-refractivity contribution is 9.10. The van der Waals surface area contributed by atoms with E-state index in [0.29, 0.717) is 11.4 Å². The van der Waals surface area contributed by atoms with Crippen molar-refractivity contribution < 1.29 is 22.6 Å². The molecular formula is C14H11BrF3NO2. The first kappa shape index (κ1) is 15.5. The standard InChI is InChI=1S/C14H11BrF3NO2/c15-11-7-10(5-6-13(11)21-14(16,17)18)20-8-9-3-1-2-4-12(9)19/h1-7H,8,19H2. The molecule has 0 spiro atoms. The maximum atomic E-state index is 12.1. The lowest BCUT2D eigenvalue weighted by Crippen LogP contribution is -2.17. The molecule has 0 fully saturated rings. The number of alkyl halides is 3. The topological polar surface area (TPSA) is 44.5 Å². The van der Waals surface area contributed by atoms with Gasteiger partial charge in [0.25, 0.3) is 0 Å². The fourth-order valence-electron chi connectivity index (χ4n) is 1.61. The summed E-state index contributed by atoms with van der Waals surface area (Å²) in [5.74, 6) is 0.0775. The van der Waals surface area contributed by atoms with Crippen molar-refractivity contribution in [2.45, 2.75) is 13.0 Å². The highest BCUT2D eigenvalue weighted by Gasteiger charge is 2.31. The second kappa shape index (κ2) is 6.26. The fraction of sp³-hybridized carbons (Fsp3) is 0.143. The predicted molar refractivity (Wildman–Crippen MR) is 76.0 cm³/mol. The smallest absolute Gasteiger partial charge is 0.489 e. The first-order valence-electron chi connectivity index (χ1n) is 5.86. The van der Waals surface area contributed by atoms with Crippen LogP contribution in [0, 0.1) is 0 Å². The van der Waals surface area contributed by atoms with Crippen LogP contribution in [0.5, 0.6) is 11.5 Å². The van der Waals surface area contributed by atoms with Crippen molar-refractivity contribution in [1.82, 2.24) is 0 Å². The molecule has 0 saturated carbocycles. The molecule has 112 valence electrons. The number of para-hydroxylation sites is 1. The maximum absolute atomic E-state index is 12.1. The van der Waals surface area contributed by atoms with Crippen LogP contribution in [0.3, 0.4) is 0 Å². The Bertz CT molecular complexity index is 632. The average molecular weight is 362 g/mol. The number of rotatable bonds is 4. The Labute approximate surface area is 127 Å². The predicted octanol–water partition coefficient (Wildman–Crippen LogP) is 4.51. The second-order valence-electron chi connectivity index (χ2n) is 4.13. The molecule has 2 rings (SSSR count). The van der Waals surface area contributed by atoms with Gasteiger partial charge >= 0.3 is 6.36 Å². The molecule has 0 aliphatic heterocycles. The number of benzene rings is 2. The zero-order chi connectivity index (χ0) is 15.5. The van der Waals surface area contributed by atoms with Gasteiger partial charge in [0.05, 0.1) is 4.47 Å². The van der Waals surface area contributed by atoms with Crippen LogP contribution in [0.4, 0.5) is 18.9 Å². The van der Waals surface area contributed by atoms with E-state index in [4.69, 9.17) is 10.5 Å². The summed E-state index contributed by atoms with van der Waals surface area (Å²) in [7, 11) is 0. The Kier molecular flexibility index (Phi) is 4.62. The quantitative estimate of drug-likeness (QED) is 0.814. The van der Waals surface area contributed by atoms with Gasteiger partial charge in [0.2, 0.25) is 0 Å². The highest BCUT2D eigenvalue weighted by atomic mass is 79.9. The van der Waals surface area contributed by atoms with E-state index in [1.54, 1.807) is 12.1 Å². The summed E-state index contributed by atoms with van der Waals surface area (Å²) in [5, 5.41) is 0. The lowest BCUT2D eigenvalue weighted by atomic mass is 10.2. The summed E-state index contributed by atoms with van der Waals surface area (Å²) in [5.41, 5.74) is 7.16. The zero-order valence-corrected chi connectivity index (χ0v) is 12.2. The minimum absolute atomic E-state index is 0.151. The van der Waals surface area contributed by atoms with Crippen LogP contribution < -0.4 is 15.2 Å². The van der Waals surface area contributed by atoms with Gasteiger partial charge in [0, 0.05) is 11.3 Å². The molecule has 0 aliphatic rings. The van der Waals surface area contributed by atoms with Crippen LogP contribution in [0.2, 0.25) is 0 Å². The van der Waals surface area contributed by atoms with Crippen LogP contribution in [0.1, 0.15) is 5.56 Å². The van der Waals surface area contributed by atoms with E-state index in [0.717, 1.165) is 5.56 Å². The minimum atomic E-state index is -4.73. The van der Waals surface area contributed by atoms with Gasteiger partial charge in [-0.2, -0.15) is 0 Å². The molecule has 0 bridgehead atoms. The SMILES string of the molecule is Nc1ccccc1COc1ccc(OC(F)(F)F)c(Br)c1. The van der Waals surface area contributed by atoms with E-state index in [2.05, 4.69) is 20.7 Å². The van der Waals surface area contributed by atoms with Crippen molar-refractivity contribution in [3.8, 4) is 11.5 Å². The van der Waals surface area contributed by atoms with Crippen molar-refractivity contribution in [3.05, 3.63) is 52.5 Å². The number of hydrogen-bond donors (Lipinski definition) is 1. The summed E-state index contributed by atoms with van der Waals surface area (Å²) < 4.78 is 45.9. The van der Waals surface area contributed by atoms with Gasteiger partial charge in [-0.3, -0.25) is 0 Å².